The molecule has 0 aliphatic heterocycles. The van der Waals surface area contributed by atoms with Gasteiger partial charge in [-0.05, 0) is 37.4 Å². The molecule has 0 aliphatic rings. The number of carbonyl (C=O) groups is 1. The van der Waals surface area contributed by atoms with E-state index in [0.29, 0.717) is 19.5 Å². The van der Waals surface area contributed by atoms with Crippen LogP contribution in [0.25, 0.3) is 0 Å². The summed E-state index contributed by atoms with van der Waals surface area (Å²) in [6.07, 6.45) is 1.27. The van der Waals surface area contributed by atoms with Gasteiger partial charge in [0.05, 0.1) is 6.04 Å². The zero-order valence-corrected chi connectivity index (χ0v) is 14.2. The Morgan fingerprint density at radius 3 is 2.42 bits per heavy atom. The second-order valence-electron chi connectivity index (χ2n) is 5.96. The molecule has 0 saturated heterocycles. The number of nitrogens with one attached hydrogen (secondary N) is 2. The van der Waals surface area contributed by atoms with Crippen molar-refractivity contribution >= 4 is 5.91 Å². The van der Waals surface area contributed by atoms with Gasteiger partial charge in [0.25, 0.3) is 0 Å². The summed E-state index contributed by atoms with van der Waals surface area (Å²) in [5.41, 5.74) is 3.50. The van der Waals surface area contributed by atoms with Crippen LogP contribution in [0.2, 0.25) is 0 Å². The molecule has 2 aromatic carbocycles. The number of aliphatic hydroxyl groups excluding tert-OH is 1. The molecule has 2 aromatic rings. The number of aliphatic hydroxyl groups is 1. The van der Waals surface area contributed by atoms with Crippen molar-refractivity contribution in [2.75, 3.05) is 13.2 Å². The van der Waals surface area contributed by atoms with Gasteiger partial charge in [-0.25, -0.2) is 0 Å². The van der Waals surface area contributed by atoms with Gasteiger partial charge >= 0.3 is 0 Å². The van der Waals surface area contributed by atoms with Crippen molar-refractivity contribution < 1.29 is 9.90 Å². The third-order valence-electron chi connectivity index (χ3n) is 3.97. The first kappa shape index (κ1) is 18.2. The van der Waals surface area contributed by atoms with Gasteiger partial charge in [0.1, 0.15) is 0 Å². The molecule has 0 radical (unpaired) electrons. The van der Waals surface area contributed by atoms with E-state index in [1.807, 2.05) is 49.4 Å². The van der Waals surface area contributed by atoms with Gasteiger partial charge in [0, 0.05) is 13.2 Å². The first-order chi connectivity index (χ1) is 11.7. The summed E-state index contributed by atoms with van der Waals surface area (Å²) in [4.78, 5) is 12.3. The van der Waals surface area contributed by atoms with Gasteiger partial charge in [-0.2, -0.15) is 0 Å². The molecule has 4 nitrogen and oxygen atoms in total. The van der Waals surface area contributed by atoms with Crippen molar-refractivity contribution in [3.8, 4) is 0 Å². The largest absolute Gasteiger partial charge is 0.396 e. The number of amides is 1. The zero-order valence-electron chi connectivity index (χ0n) is 14.2. The predicted octanol–water partition coefficient (Wildman–Crippen LogP) is 2.19. The minimum Gasteiger partial charge on any atom is -0.396 e. The Hall–Kier alpha value is -2.17. The zero-order chi connectivity index (χ0) is 17.2. The minimum absolute atomic E-state index is 0.0129. The standard InChI is InChI=1S/C20H26N2O2/c1-16-7-9-18(10-8-16)15-22-20(24)19(12-14-23)21-13-11-17-5-3-2-4-6-17/h2-10,19,21,23H,11-15H2,1H3,(H,22,24). The lowest BCUT2D eigenvalue weighted by molar-refractivity contribution is -0.123. The molecule has 0 fully saturated rings. The highest BCUT2D eigenvalue weighted by molar-refractivity contribution is 5.81. The summed E-state index contributed by atoms with van der Waals surface area (Å²) in [6, 6.07) is 17.9. The van der Waals surface area contributed by atoms with Gasteiger partial charge in [-0.1, -0.05) is 60.2 Å². The van der Waals surface area contributed by atoms with E-state index in [2.05, 4.69) is 22.8 Å². The number of aryl methyl sites for hydroxylation is 1. The molecule has 4 heteroatoms. The van der Waals surface area contributed by atoms with Gasteiger partial charge in [-0.3, -0.25) is 4.79 Å². The van der Waals surface area contributed by atoms with Crippen molar-refractivity contribution in [3.05, 3.63) is 71.3 Å². The third kappa shape index (κ3) is 6.14. The summed E-state index contributed by atoms with van der Waals surface area (Å²) in [6.45, 7) is 3.23. The molecule has 128 valence electrons. The normalized spacial score (nSPS) is 11.9. The van der Waals surface area contributed by atoms with Gasteiger partial charge < -0.3 is 15.7 Å². The maximum Gasteiger partial charge on any atom is 0.237 e. The topological polar surface area (TPSA) is 61.4 Å². The minimum atomic E-state index is -0.371. The van der Waals surface area contributed by atoms with E-state index in [0.717, 1.165) is 12.0 Å². The summed E-state index contributed by atoms with van der Waals surface area (Å²) in [7, 11) is 0. The monoisotopic (exact) mass is 326 g/mol. The lowest BCUT2D eigenvalue weighted by atomic mass is 10.1. The number of rotatable bonds is 9. The highest BCUT2D eigenvalue weighted by Gasteiger charge is 2.16. The van der Waals surface area contributed by atoms with Crippen LogP contribution in [0.1, 0.15) is 23.1 Å². The molecule has 3 N–H and O–H groups in total. The van der Waals surface area contributed by atoms with Crippen LogP contribution in [-0.4, -0.2) is 30.2 Å². The predicted molar refractivity (Wildman–Crippen MR) is 96.7 cm³/mol. The van der Waals surface area contributed by atoms with Crippen molar-refractivity contribution in [3.63, 3.8) is 0 Å². The second kappa shape index (κ2) is 9.85. The molecular formula is C20H26N2O2. The van der Waals surface area contributed by atoms with E-state index in [1.54, 1.807) is 0 Å². The number of carbonyl (C=O) groups excluding carboxylic acids is 1. The lowest BCUT2D eigenvalue weighted by Crippen LogP contribution is -2.45. The molecular weight excluding hydrogens is 300 g/mol. The van der Waals surface area contributed by atoms with Gasteiger partial charge in [-0.15, -0.1) is 0 Å². The molecule has 0 aromatic heterocycles. The Morgan fingerprint density at radius 1 is 1.04 bits per heavy atom. The van der Waals surface area contributed by atoms with Crippen LogP contribution < -0.4 is 10.6 Å². The first-order valence-electron chi connectivity index (χ1n) is 8.40. The molecule has 1 amide bonds. The van der Waals surface area contributed by atoms with Crippen LogP contribution in [0.4, 0.5) is 0 Å². The summed E-state index contributed by atoms with van der Waals surface area (Å²) >= 11 is 0. The Labute approximate surface area is 143 Å². The fraction of sp³-hybridized carbons (Fsp3) is 0.350. The highest BCUT2D eigenvalue weighted by atomic mass is 16.3. The van der Waals surface area contributed by atoms with Crippen LogP contribution in [0.3, 0.4) is 0 Å². The van der Waals surface area contributed by atoms with Crippen LogP contribution >= 0.6 is 0 Å². The lowest BCUT2D eigenvalue weighted by Gasteiger charge is -2.17. The molecule has 0 bridgehead atoms. The maximum absolute atomic E-state index is 12.3. The molecule has 0 spiro atoms. The summed E-state index contributed by atoms with van der Waals surface area (Å²) in [5, 5.41) is 15.4. The smallest absolute Gasteiger partial charge is 0.237 e. The first-order valence-corrected chi connectivity index (χ1v) is 8.40. The Bertz CT molecular complexity index is 611. The summed E-state index contributed by atoms with van der Waals surface area (Å²) in [5.74, 6) is -0.0716. The van der Waals surface area contributed by atoms with E-state index in [4.69, 9.17) is 0 Å². The Kier molecular flexibility index (Phi) is 7.46. The highest BCUT2D eigenvalue weighted by Crippen LogP contribution is 2.03. The van der Waals surface area contributed by atoms with Crippen molar-refractivity contribution in [2.45, 2.75) is 32.4 Å². The van der Waals surface area contributed by atoms with Crippen LogP contribution in [0, 0.1) is 6.92 Å². The van der Waals surface area contributed by atoms with Crippen molar-refractivity contribution in [1.82, 2.24) is 10.6 Å². The van der Waals surface area contributed by atoms with Gasteiger partial charge in [0.2, 0.25) is 5.91 Å². The van der Waals surface area contributed by atoms with Gasteiger partial charge in [0.15, 0.2) is 0 Å². The fourth-order valence-electron chi connectivity index (χ4n) is 2.51. The van der Waals surface area contributed by atoms with Crippen molar-refractivity contribution in [1.29, 1.82) is 0 Å². The number of benzene rings is 2. The number of hydrogen-bond acceptors (Lipinski definition) is 3. The van der Waals surface area contributed by atoms with E-state index >= 15 is 0 Å². The average molecular weight is 326 g/mol. The van der Waals surface area contributed by atoms with Crippen molar-refractivity contribution in [2.24, 2.45) is 0 Å². The Morgan fingerprint density at radius 2 is 1.75 bits per heavy atom. The molecule has 0 heterocycles. The number of hydrogen-bond donors (Lipinski definition) is 3. The summed E-state index contributed by atoms with van der Waals surface area (Å²) < 4.78 is 0. The Balaban J connectivity index is 1.79. The molecule has 1 atom stereocenters. The van der Waals surface area contributed by atoms with E-state index in [-0.39, 0.29) is 18.6 Å². The van der Waals surface area contributed by atoms with E-state index in [1.165, 1.54) is 11.1 Å². The molecule has 1 unspecified atom stereocenters. The second-order valence-corrected chi connectivity index (χ2v) is 5.96. The molecule has 24 heavy (non-hydrogen) atoms. The molecule has 2 rings (SSSR count). The SMILES string of the molecule is Cc1ccc(CNC(=O)C(CCO)NCCc2ccccc2)cc1. The maximum atomic E-state index is 12.3. The fourth-order valence-corrected chi connectivity index (χ4v) is 2.51. The van der Waals surface area contributed by atoms with Crippen LogP contribution in [-0.2, 0) is 17.8 Å². The van der Waals surface area contributed by atoms with Crippen LogP contribution in [0.5, 0.6) is 0 Å². The molecule has 0 saturated carbocycles. The average Bonchev–Trinajstić information content (AvgIpc) is 2.61. The quantitative estimate of drug-likeness (QED) is 0.662. The van der Waals surface area contributed by atoms with Crippen LogP contribution in [0.15, 0.2) is 54.6 Å². The van der Waals surface area contributed by atoms with E-state index < -0.39 is 0 Å². The molecule has 0 aliphatic carbocycles. The third-order valence-corrected chi connectivity index (χ3v) is 3.97. The van der Waals surface area contributed by atoms with E-state index in [9.17, 15) is 9.90 Å².